The van der Waals surface area contributed by atoms with Gasteiger partial charge in [-0.2, -0.15) is 0 Å². The molecule has 6 heteroatoms. The van der Waals surface area contributed by atoms with Gasteiger partial charge in [0.15, 0.2) is 0 Å². The third-order valence-corrected chi connectivity index (χ3v) is 5.32. The summed E-state index contributed by atoms with van der Waals surface area (Å²) in [5.41, 5.74) is 0.408. The molecule has 0 aliphatic carbocycles. The minimum Gasteiger partial charge on any atom is -0.353 e. The average Bonchev–Trinajstić information content (AvgIpc) is 3.01. The van der Waals surface area contributed by atoms with Crippen LogP contribution in [0.1, 0.15) is 53.2 Å². The van der Waals surface area contributed by atoms with Crippen LogP contribution in [0, 0.1) is 11.3 Å². The molecule has 0 fully saturated rings. The number of hydrogen-bond donors (Lipinski definition) is 0. The lowest BCUT2D eigenvalue weighted by Crippen LogP contribution is -2.49. The molecular formula is C21H36ClN3O2. The molecule has 0 saturated heterocycles. The molecule has 1 aromatic heterocycles. The highest BCUT2D eigenvalue weighted by Gasteiger charge is 2.33. The Balaban J connectivity index is 2.95. The van der Waals surface area contributed by atoms with E-state index in [0.29, 0.717) is 19.6 Å². The number of halogens is 1. The Morgan fingerprint density at radius 2 is 1.93 bits per heavy atom. The molecular weight excluding hydrogens is 362 g/mol. The average molecular weight is 398 g/mol. The fourth-order valence-electron chi connectivity index (χ4n) is 2.91. The molecule has 154 valence electrons. The number of alkyl halides is 1. The third-order valence-electron chi connectivity index (χ3n) is 4.65. The Morgan fingerprint density at radius 3 is 2.41 bits per heavy atom. The number of hydrogen-bond acceptors (Lipinski definition) is 2. The highest BCUT2D eigenvalue weighted by Crippen LogP contribution is 2.22. The summed E-state index contributed by atoms with van der Waals surface area (Å²) in [4.78, 5) is 29.6. The van der Waals surface area contributed by atoms with Gasteiger partial charge in [-0.05, 0) is 38.3 Å². The number of amides is 2. The monoisotopic (exact) mass is 397 g/mol. The fraction of sp³-hybridized carbons (Fsp3) is 0.714. The van der Waals surface area contributed by atoms with Crippen LogP contribution in [0.4, 0.5) is 0 Å². The summed E-state index contributed by atoms with van der Waals surface area (Å²) >= 11 is 6.00. The maximum atomic E-state index is 13.1. The summed E-state index contributed by atoms with van der Waals surface area (Å²) in [7, 11) is 1.98. The van der Waals surface area contributed by atoms with E-state index in [4.69, 9.17) is 11.6 Å². The van der Waals surface area contributed by atoms with Gasteiger partial charge in [0.2, 0.25) is 11.8 Å². The van der Waals surface area contributed by atoms with Gasteiger partial charge in [-0.1, -0.05) is 27.2 Å². The van der Waals surface area contributed by atoms with Gasteiger partial charge in [-0.3, -0.25) is 9.59 Å². The SMILES string of the molecule is CCCCN(Cc1cccn1C)C(=O)CN(CC(C)C)C(=O)C(C)(C)CCl. The van der Waals surface area contributed by atoms with Crippen molar-refractivity contribution in [1.82, 2.24) is 14.4 Å². The molecule has 2 amide bonds. The van der Waals surface area contributed by atoms with Crippen molar-refractivity contribution in [3.05, 3.63) is 24.0 Å². The first kappa shape index (κ1) is 23.5. The minimum atomic E-state index is -0.677. The number of nitrogens with zero attached hydrogens (tertiary/aromatic N) is 3. The normalized spacial score (nSPS) is 11.7. The van der Waals surface area contributed by atoms with Crippen molar-refractivity contribution in [1.29, 1.82) is 0 Å². The number of carbonyl (C=O) groups excluding carboxylic acids is 2. The van der Waals surface area contributed by atoms with Crippen molar-refractivity contribution < 1.29 is 9.59 Å². The van der Waals surface area contributed by atoms with Crippen LogP contribution in [0.15, 0.2) is 18.3 Å². The van der Waals surface area contributed by atoms with Gasteiger partial charge < -0.3 is 14.4 Å². The lowest BCUT2D eigenvalue weighted by atomic mass is 9.94. The summed E-state index contributed by atoms with van der Waals surface area (Å²) in [5.74, 6) is 0.445. The van der Waals surface area contributed by atoms with Crippen molar-refractivity contribution in [2.45, 2.75) is 54.0 Å². The number of carbonyl (C=O) groups is 2. The fourth-order valence-corrected chi connectivity index (χ4v) is 3.02. The molecule has 1 rings (SSSR count). The lowest BCUT2D eigenvalue weighted by Gasteiger charge is -2.33. The molecule has 1 heterocycles. The van der Waals surface area contributed by atoms with Crippen LogP contribution in [0.2, 0.25) is 0 Å². The van der Waals surface area contributed by atoms with Gasteiger partial charge in [-0.25, -0.2) is 0 Å². The van der Waals surface area contributed by atoms with Crippen LogP contribution in [-0.2, 0) is 23.2 Å². The standard InChI is InChI=1S/C21H36ClN3O2/c1-7-8-12-24(14-18-10-9-11-23(18)6)19(26)15-25(13-17(2)3)20(27)21(4,5)16-22/h9-11,17H,7-8,12-16H2,1-6H3. The molecule has 0 aromatic carbocycles. The minimum absolute atomic E-state index is 0.0102. The van der Waals surface area contributed by atoms with Crippen molar-refractivity contribution in [3.8, 4) is 0 Å². The number of rotatable bonds is 11. The van der Waals surface area contributed by atoms with E-state index < -0.39 is 5.41 Å². The quantitative estimate of drug-likeness (QED) is 0.531. The first-order valence-corrected chi connectivity index (χ1v) is 10.4. The summed E-state index contributed by atoms with van der Waals surface area (Å²) in [6.07, 6.45) is 3.95. The first-order valence-electron chi connectivity index (χ1n) is 9.85. The van der Waals surface area contributed by atoms with Crippen LogP contribution in [0.5, 0.6) is 0 Å². The van der Waals surface area contributed by atoms with E-state index in [0.717, 1.165) is 18.5 Å². The van der Waals surface area contributed by atoms with Gasteiger partial charge in [0.05, 0.1) is 18.5 Å². The number of aromatic nitrogens is 1. The van der Waals surface area contributed by atoms with Gasteiger partial charge >= 0.3 is 0 Å². The molecule has 0 N–H and O–H groups in total. The van der Waals surface area contributed by atoms with Crippen LogP contribution < -0.4 is 0 Å². The summed E-state index contributed by atoms with van der Waals surface area (Å²) in [6, 6.07) is 4.01. The van der Waals surface area contributed by atoms with Crippen molar-refractivity contribution in [3.63, 3.8) is 0 Å². The van der Waals surface area contributed by atoms with E-state index in [1.807, 2.05) is 48.7 Å². The molecule has 0 atom stereocenters. The zero-order valence-electron chi connectivity index (χ0n) is 17.8. The second-order valence-electron chi connectivity index (χ2n) is 8.38. The zero-order chi connectivity index (χ0) is 20.6. The van der Waals surface area contributed by atoms with Gasteiger partial charge in [-0.15, -0.1) is 11.6 Å². The first-order chi connectivity index (χ1) is 12.6. The smallest absolute Gasteiger partial charge is 0.242 e. The van der Waals surface area contributed by atoms with E-state index in [1.165, 1.54) is 0 Å². The van der Waals surface area contributed by atoms with Gasteiger partial charge in [0.1, 0.15) is 0 Å². The highest BCUT2D eigenvalue weighted by molar-refractivity contribution is 6.19. The molecule has 0 unspecified atom stereocenters. The largest absolute Gasteiger partial charge is 0.353 e. The van der Waals surface area contributed by atoms with E-state index in [-0.39, 0.29) is 30.2 Å². The van der Waals surface area contributed by atoms with Crippen LogP contribution in [0.3, 0.4) is 0 Å². The molecule has 0 spiro atoms. The molecule has 0 aliphatic heterocycles. The molecule has 1 aromatic rings. The molecule has 0 aliphatic rings. The molecule has 5 nitrogen and oxygen atoms in total. The maximum absolute atomic E-state index is 13.1. The Hall–Kier alpha value is -1.49. The van der Waals surface area contributed by atoms with Crippen LogP contribution in [0.25, 0.3) is 0 Å². The summed E-state index contributed by atoms with van der Waals surface area (Å²) < 4.78 is 2.03. The summed E-state index contributed by atoms with van der Waals surface area (Å²) in [6.45, 7) is 11.8. The summed E-state index contributed by atoms with van der Waals surface area (Å²) in [5, 5.41) is 0. The predicted octanol–water partition coefficient (Wildman–Crippen LogP) is 3.90. The highest BCUT2D eigenvalue weighted by atomic mass is 35.5. The van der Waals surface area contributed by atoms with E-state index in [1.54, 1.807) is 4.90 Å². The zero-order valence-corrected chi connectivity index (χ0v) is 18.6. The topological polar surface area (TPSA) is 45.6 Å². The van der Waals surface area contributed by atoms with Crippen LogP contribution >= 0.6 is 11.6 Å². The van der Waals surface area contributed by atoms with E-state index in [9.17, 15) is 9.59 Å². The van der Waals surface area contributed by atoms with Gasteiger partial charge in [0, 0.05) is 37.9 Å². The van der Waals surface area contributed by atoms with Crippen LogP contribution in [-0.4, -0.2) is 51.7 Å². The van der Waals surface area contributed by atoms with Crippen molar-refractivity contribution in [2.24, 2.45) is 18.4 Å². The molecule has 0 saturated carbocycles. The molecule has 0 bridgehead atoms. The second kappa shape index (κ2) is 10.7. The third kappa shape index (κ3) is 7.21. The van der Waals surface area contributed by atoms with Gasteiger partial charge in [0.25, 0.3) is 0 Å². The predicted molar refractivity (Wildman–Crippen MR) is 112 cm³/mol. The van der Waals surface area contributed by atoms with E-state index >= 15 is 0 Å². The molecule has 27 heavy (non-hydrogen) atoms. The number of unbranched alkanes of at least 4 members (excludes halogenated alkanes) is 1. The Morgan fingerprint density at radius 1 is 1.26 bits per heavy atom. The Bertz CT molecular complexity index is 610. The second-order valence-corrected chi connectivity index (χ2v) is 8.64. The number of aryl methyl sites for hydroxylation is 1. The lowest BCUT2D eigenvalue weighted by molar-refractivity contribution is -0.146. The molecule has 0 radical (unpaired) electrons. The van der Waals surface area contributed by atoms with E-state index in [2.05, 4.69) is 20.8 Å². The van der Waals surface area contributed by atoms with Crippen molar-refractivity contribution >= 4 is 23.4 Å². The Kier molecular flexibility index (Phi) is 9.37. The maximum Gasteiger partial charge on any atom is 0.242 e. The van der Waals surface area contributed by atoms with Crippen molar-refractivity contribution in [2.75, 3.05) is 25.5 Å². The Labute approximate surface area is 169 Å².